The number of rotatable bonds is 8. The van der Waals surface area contributed by atoms with Crippen LogP contribution in [0, 0.1) is 0 Å². The fourth-order valence-corrected chi connectivity index (χ4v) is 0.734. The number of carbonyl (C=O) groups excluding carboxylic acids is 1. The van der Waals surface area contributed by atoms with E-state index < -0.39 is 6.61 Å². The van der Waals surface area contributed by atoms with Crippen LogP contribution in [0.2, 0.25) is 0 Å². The lowest BCUT2D eigenvalue weighted by Gasteiger charge is -2.04. The molecule has 0 saturated heterocycles. The van der Waals surface area contributed by atoms with Crippen LogP contribution in [0.3, 0.4) is 0 Å². The smallest absolute Gasteiger partial charge is 0.245 e. The number of hydrogen-bond acceptors (Lipinski definition) is 4. The Kier molecular flexibility index (Phi) is 17.7. The molecule has 0 atom stereocenters. The zero-order chi connectivity index (χ0) is 11.9. The Morgan fingerprint density at radius 2 is 1.93 bits per heavy atom. The minimum atomic E-state index is -0.444. The Labute approximate surface area is 92.2 Å². The Balaban J connectivity index is 0. The highest BCUT2D eigenvalue weighted by Crippen LogP contribution is 1.80. The van der Waals surface area contributed by atoms with E-state index in [1.807, 2.05) is 20.9 Å². The molecule has 0 fully saturated rings. The first kappa shape index (κ1) is 16.8. The summed E-state index contributed by atoms with van der Waals surface area (Å²) >= 11 is 0. The van der Waals surface area contributed by atoms with Crippen LogP contribution < -0.4 is 10.6 Å². The molecule has 0 spiro atoms. The molecule has 0 rings (SSSR count). The van der Waals surface area contributed by atoms with Crippen LogP contribution in [-0.2, 0) is 9.53 Å². The minimum absolute atomic E-state index is 0.338. The normalized spacial score (nSPS) is 9.07. The molecule has 5 heteroatoms. The maximum Gasteiger partial charge on any atom is 0.245 e. The van der Waals surface area contributed by atoms with Crippen molar-refractivity contribution in [1.29, 1.82) is 0 Å². The molecule has 0 unspecified atom stereocenters. The maximum atomic E-state index is 10.5. The first-order chi connectivity index (χ1) is 7.31. The van der Waals surface area contributed by atoms with E-state index in [1.165, 1.54) is 0 Å². The summed E-state index contributed by atoms with van der Waals surface area (Å²) in [5.74, 6) is -0.338. The Morgan fingerprint density at radius 3 is 2.47 bits per heavy atom. The van der Waals surface area contributed by atoms with Crippen molar-refractivity contribution in [3.63, 3.8) is 0 Å². The summed E-state index contributed by atoms with van der Waals surface area (Å²) in [4.78, 5) is 10.5. The Morgan fingerprint density at radius 1 is 1.27 bits per heavy atom. The second-order valence-corrected chi connectivity index (χ2v) is 2.58. The number of carbonyl (C=O) groups is 1. The molecule has 92 valence electrons. The predicted octanol–water partition coefficient (Wildman–Crippen LogP) is -0.253. The van der Waals surface area contributed by atoms with E-state index in [-0.39, 0.29) is 5.91 Å². The highest BCUT2D eigenvalue weighted by molar-refractivity contribution is 5.76. The first-order valence-corrected chi connectivity index (χ1v) is 5.41. The summed E-state index contributed by atoms with van der Waals surface area (Å²) in [5.41, 5.74) is 0. The monoisotopic (exact) mass is 220 g/mol. The number of ether oxygens (including phenoxy) is 1. The second kappa shape index (κ2) is 15.8. The van der Waals surface area contributed by atoms with Gasteiger partial charge in [0.15, 0.2) is 0 Å². The molecule has 0 aromatic heterocycles. The predicted molar refractivity (Wildman–Crippen MR) is 60.8 cm³/mol. The van der Waals surface area contributed by atoms with E-state index in [0.717, 1.165) is 13.0 Å². The Hall–Kier alpha value is -0.650. The van der Waals surface area contributed by atoms with Gasteiger partial charge in [-0.25, -0.2) is 0 Å². The number of likely N-dealkylation sites (N-methyl/N-ethyl adjacent to an activating group) is 1. The second-order valence-electron chi connectivity index (χ2n) is 2.58. The van der Waals surface area contributed by atoms with E-state index in [9.17, 15) is 4.79 Å². The molecular weight excluding hydrogens is 196 g/mol. The van der Waals surface area contributed by atoms with Crippen LogP contribution in [-0.4, -0.2) is 51.0 Å². The van der Waals surface area contributed by atoms with Gasteiger partial charge in [-0.1, -0.05) is 13.8 Å². The minimum Gasteiger partial charge on any atom is -0.387 e. The van der Waals surface area contributed by atoms with Gasteiger partial charge < -0.3 is 20.5 Å². The summed E-state index contributed by atoms with van der Waals surface area (Å²) in [6, 6.07) is 0. The Bertz CT molecular complexity index is 132. The van der Waals surface area contributed by atoms with Gasteiger partial charge in [-0.15, -0.1) is 0 Å². The molecule has 3 N–H and O–H groups in total. The van der Waals surface area contributed by atoms with Crippen molar-refractivity contribution < 1.29 is 14.6 Å². The third-order valence-electron chi connectivity index (χ3n) is 1.43. The zero-order valence-corrected chi connectivity index (χ0v) is 10.0. The molecular formula is C10H24N2O3. The SMILES string of the molecule is CC.CNCCOCCCNC(=O)CO. The van der Waals surface area contributed by atoms with Crippen molar-refractivity contribution in [2.24, 2.45) is 0 Å². The van der Waals surface area contributed by atoms with Gasteiger partial charge in [-0.3, -0.25) is 4.79 Å². The van der Waals surface area contributed by atoms with Gasteiger partial charge in [-0.05, 0) is 13.5 Å². The number of aliphatic hydroxyl groups excluding tert-OH is 1. The average Bonchev–Trinajstić information content (AvgIpc) is 2.30. The van der Waals surface area contributed by atoms with Gasteiger partial charge in [0.1, 0.15) is 6.61 Å². The van der Waals surface area contributed by atoms with Crippen molar-refractivity contribution in [3.8, 4) is 0 Å². The van der Waals surface area contributed by atoms with Crippen LogP contribution in [0.4, 0.5) is 0 Å². The summed E-state index contributed by atoms with van der Waals surface area (Å²) in [7, 11) is 1.87. The van der Waals surface area contributed by atoms with Crippen LogP contribution in [0.15, 0.2) is 0 Å². The topological polar surface area (TPSA) is 70.6 Å². The van der Waals surface area contributed by atoms with Crippen molar-refractivity contribution in [3.05, 3.63) is 0 Å². The standard InChI is InChI=1S/C8H18N2O3.C2H6/c1-9-4-6-13-5-2-3-10-8(12)7-11;1-2/h9,11H,2-7H2,1H3,(H,10,12);1-2H3. The molecule has 5 nitrogen and oxygen atoms in total. The molecule has 0 saturated carbocycles. The molecule has 0 aliphatic rings. The van der Waals surface area contributed by atoms with Crippen LogP contribution in [0.25, 0.3) is 0 Å². The molecule has 15 heavy (non-hydrogen) atoms. The number of amides is 1. The van der Waals surface area contributed by atoms with Gasteiger partial charge in [0.25, 0.3) is 0 Å². The van der Waals surface area contributed by atoms with Gasteiger partial charge in [0.2, 0.25) is 5.91 Å². The molecule has 0 heterocycles. The van der Waals surface area contributed by atoms with Gasteiger partial charge >= 0.3 is 0 Å². The summed E-state index contributed by atoms with van der Waals surface area (Å²) in [6.07, 6.45) is 0.773. The van der Waals surface area contributed by atoms with Gasteiger partial charge in [0.05, 0.1) is 6.61 Å². The lowest BCUT2D eigenvalue weighted by molar-refractivity contribution is -0.123. The summed E-state index contributed by atoms with van der Waals surface area (Å²) in [5, 5.41) is 13.9. The lowest BCUT2D eigenvalue weighted by Crippen LogP contribution is -2.28. The van der Waals surface area contributed by atoms with Crippen LogP contribution in [0.5, 0.6) is 0 Å². The average molecular weight is 220 g/mol. The van der Waals surface area contributed by atoms with E-state index in [1.54, 1.807) is 0 Å². The quantitative estimate of drug-likeness (QED) is 0.493. The van der Waals surface area contributed by atoms with E-state index in [4.69, 9.17) is 9.84 Å². The lowest BCUT2D eigenvalue weighted by atomic mass is 10.4. The van der Waals surface area contributed by atoms with E-state index in [0.29, 0.717) is 19.8 Å². The first-order valence-electron chi connectivity index (χ1n) is 5.41. The summed E-state index contributed by atoms with van der Waals surface area (Å²) in [6.45, 7) is 6.26. The molecule has 1 amide bonds. The van der Waals surface area contributed by atoms with E-state index in [2.05, 4.69) is 10.6 Å². The number of hydrogen-bond donors (Lipinski definition) is 3. The molecule has 0 aliphatic carbocycles. The zero-order valence-electron chi connectivity index (χ0n) is 10.0. The molecule has 0 bridgehead atoms. The maximum absolute atomic E-state index is 10.5. The molecule has 0 aromatic rings. The molecule has 0 aliphatic heterocycles. The summed E-state index contributed by atoms with van der Waals surface area (Å²) < 4.78 is 5.21. The number of nitrogens with one attached hydrogen (secondary N) is 2. The third-order valence-corrected chi connectivity index (χ3v) is 1.43. The van der Waals surface area contributed by atoms with Crippen molar-refractivity contribution in [2.75, 3.05) is 40.0 Å². The van der Waals surface area contributed by atoms with Crippen molar-refractivity contribution in [1.82, 2.24) is 10.6 Å². The van der Waals surface area contributed by atoms with Crippen molar-refractivity contribution in [2.45, 2.75) is 20.3 Å². The molecule has 0 aromatic carbocycles. The van der Waals surface area contributed by atoms with Crippen molar-refractivity contribution >= 4 is 5.91 Å². The van der Waals surface area contributed by atoms with Gasteiger partial charge in [-0.2, -0.15) is 0 Å². The third kappa shape index (κ3) is 16.1. The largest absolute Gasteiger partial charge is 0.387 e. The highest BCUT2D eigenvalue weighted by atomic mass is 16.5. The van der Waals surface area contributed by atoms with Crippen LogP contribution >= 0.6 is 0 Å². The fourth-order valence-electron chi connectivity index (χ4n) is 0.734. The van der Waals surface area contributed by atoms with E-state index >= 15 is 0 Å². The molecule has 0 radical (unpaired) electrons. The van der Waals surface area contributed by atoms with Gasteiger partial charge in [0, 0.05) is 19.7 Å². The highest BCUT2D eigenvalue weighted by Gasteiger charge is 1.95. The number of aliphatic hydroxyl groups is 1. The van der Waals surface area contributed by atoms with Crippen LogP contribution in [0.1, 0.15) is 20.3 Å². The fraction of sp³-hybridized carbons (Fsp3) is 0.900.